The third-order valence-electron chi connectivity index (χ3n) is 5.97. The molecule has 3 aromatic carbocycles. The van der Waals surface area contributed by atoms with Crippen LogP contribution in [0.15, 0.2) is 70.5 Å². The van der Waals surface area contributed by atoms with Gasteiger partial charge in [-0.15, -0.1) is 13.2 Å². The molecule has 0 saturated carbocycles. The molecule has 11 heteroatoms. The van der Waals surface area contributed by atoms with E-state index in [1.165, 1.54) is 0 Å². The molecule has 0 spiro atoms. The molecule has 0 aromatic heterocycles. The average Bonchev–Trinajstić information content (AvgIpc) is 2.88. The lowest BCUT2D eigenvalue weighted by atomic mass is 10.1. The van der Waals surface area contributed by atoms with Crippen molar-refractivity contribution in [2.24, 2.45) is 0 Å². The molecule has 4 rings (SSSR count). The van der Waals surface area contributed by atoms with Crippen LogP contribution in [0.25, 0.3) is 0 Å². The highest BCUT2D eigenvalue weighted by atomic mass is 32.2. The lowest BCUT2D eigenvalue weighted by Crippen LogP contribution is -2.32. The molecule has 2 atom stereocenters. The van der Waals surface area contributed by atoms with E-state index in [-0.39, 0.29) is 6.54 Å². The van der Waals surface area contributed by atoms with Crippen molar-refractivity contribution in [2.45, 2.75) is 36.7 Å². The predicted octanol–water partition coefficient (Wildman–Crippen LogP) is 5.76. The number of nitrogens with one attached hydrogen (secondary N) is 2. The zero-order chi connectivity index (χ0) is 25.7. The number of hydroxylamine groups is 1. The summed E-state index contributed by atoms with van der Waals surface area (Å²) in [6.07, 6.45) is 0. The molecule has 0 fully saturated rings. The molecule has 1 aliphatic heterocycles. The summed E-state index contributed by atoms with van der Waals surface area (Å²) in [7, 11) is -1.24. The van der Waals surface area contributed by atoms with Crippen LogP contribution in [0, 0.1) is 13.8 Å². The van der Waals surface area contributed by atoms with E-state index in [2.05, 4.69) is 38.9 Å². The fourth-order valence-corrected chi connectivity index (χ4v) is 5.67. The van der Waals surface area contributed by atoms with Gasteiger partial charge in [-0.1, -0.05) is 42.5 Å². The number of benzene rings is 3. The molecule has 0 radical (unpaired) electrons. The van der Waals surface area contributed by atoms with Crippen molar-refractivity contribution in [3.8, 4) is 0 Å². The van der Waals surface area contributed by atoms with Crippen molar-refractivity contribution >= 4 is 38.7 Å². The number of anilines is 2. The number of hydrogen-bond acceptors (Lipinski definition) is 6. The van der Waals surface area contributed by atoms with Crippen molar-refractivity contribution in [3.63, 3.8) is 0 Å². The Morgan fingerprint density at radius 2 is 1.67 bits per heavy atom. The van der Waals surface area contributed by atoms with Crippen LogP contribution in [-0.2, 0) is 33.2 Å². The van der Waals surface area contributed by atoms with Crippen LogP contribution >= 0.6 is 11.2 Å². The minimum absolute atomic E-state index is 0.139. The number of halogens is 3. The highest BCUT2D eigenvalue weighted by Gasteiger charge is 2.29. The van der Waals surface area contributed by atoms with Gasteiger partial charge in [-0.2, -0.15) is 14.3 Å². The Kier molecular flexibility index (Phi) is 8.94. The molecule has 36 heavy (non-hydrogen) atoms. The Morgan fingerprint density at radius 3 is 2.42 bits per heavy atom. The molecule has 0 bridgehead atoms. The van der Waals surface area contributed by atoms with E-state index in [0.29, 0.717) is 19.6 Å². The summed E-state index contributed by atoms with van der Waals surface area (Å²) in [4.78, 5) is 8.18. The number of fused-ring (bicyclic) bond motifs is 2. The van der Waals surface area contributed by atoms with Crippen LogP contribution in [0.4, 0.5) is 24.0 Å². The summed E-state index contributed by atoms with van der Waals surface area (Å²) in [5, 5.41) is 0.952. The van der Waals surface area contributed by atoms with Gasteiger partial charge in [0.2, 0.25) is 11.2 Å². The highest BCUT2D eigenvalue weighted by molar-refractivity contribution is 8.06. The van der Waals surface area contributed by atoms with Gasteiger partial charge in [0.05, 0.1) is 32.0 Å². The van der Waals surface area contributed by atoms with Gasteiger partial charge in [0.15, 0.2) is 0 Å². The average molecular weight is 538 g/mol. The molecule has 1 aliphatic rings. The summed E-state index contributed by atoms with van der Waals surface area (Å²) in [6.45, 7) is 6.09. The third kappa shape index (κ3) is 5.88. The molecule has 6 nitrogen and oxygen atoms in total. The van der Waals surface area contributed by atoms with Crippen LogP contribution in [0.3, 0.4) is 0 Å². The normalized spacial score (nSPS) is 15.4. The summed E-state index contributed by atoms with van der Waals surface area (Å²) >= 11 is -3.17. The van der Waals surface area contributed by atoms with E-state index in [0.717, 1.165) is 43.4 Å². The van der Waals surface area contributed by atoms with Crippen LogP contribution in [0.2, 0.25) is 0 Å². The number of para-hydroxylation sites is 1. The molecule has 192 valence electrons. The smallest absolute Gasteiger partial charge is 0.338 e. The number of rotatable bonds is 10. The van der Waals surface area contributed by atoms with Gasteiger partial charge in [-0.3, -0.25) is 0 Å². The first kappa shape index (κ1) is 26.5. The van der Waals surface area contributed by atoms with Gasteiger partial charge in [0.1, 0.15) is 0 Å². The number of nitrogens with zero attached hydrogens (tertiary/aromatic N) is 1. The lowest BCUT2D eigenvalue weighted by Gasteiger charge is -2.34. The minimum Gasteiger partial charge on any atom is -0.338 e. The van der Waals surface area contributed by atoms with Crippen molar-refractivity contribution < 1.29 is 26.2 Å². The van der Waals surface area contributed by atoms with Gasteiger partial charge in [0.25, 0.3) is 0 Å². The van der Waals surface area contributed by atoms with Gasteiger partial charge < -0.3 is 10.2 Å². The SMILES string of the molecule is Cc1ccc2c(c1C)N(CCNCc1ccccc1CNOOS(F)=C(F)F)c1ccccc1S2=O. The molecule has 2 unspecified atom stereocenters. The number of aryl methyl sites for hydroxylation is 1. The van der Waals surface area contributed by atoms with E-state index >= 15 is 0 Å². The zero-order valence-corrected chi connectivity index (χ0v) is 21.4. The van der Waals surface area contributed by atoms with E-state index < -0.39 is 27.3 Å². The molecule has 0 aliphatic carbocycles. The largest absolute Gasteiger partial charge is 0.352 e. The Hall–Kier alpha value is -2.54. The van der Waals surface area contributed by atoms with Crippen molar-refractivity contribution in [1.29, 1.82) is 0 Å². The summed E-state index contributed by atoms with van der Waals surface area (Å²) in [5.41, 5.74) is 8.32. The second-order valence-electron chi connectivity index (χ2n) is 8.11. The van der Waals surface area contributed by atoms with Crippen molar-refractivity contribution in [1.82, 2.24) is 10.8 Å². The quantitative estimate of drug-likeness (QED) is 0.113. The van der Waals surface area contributed by atoms with E-state index in [1.807, 2.05) is 60.7 Å². The van der Waals surface area contributed by atoms with E-state index in [1.54, 1.807) is 0 Å². The maximum atomic E-state index is 13.2. The molecule has 3 aromatic rings. The topological polar surface area (TPSA) is 62.8 Å². The minimum atomic E-state index is -3.17. The predicted molar refractivity (Wildman–Crippen MR) is 137 cm³/mol. The van der Waals surface area contributed by atoms with Gasteiger partial charge in [0, 0.05) is 26.2 Å². The second-order valence-corrected chi connectivity index (χ2v) is 10.4. The standard InChI is InChI=1S/C25H26F3N3O3S2/c1-17-11-12-23-24(18(17)2)31(21-9-5-6-10-22(21)35(23)32)14-13-29-15-19-7-3-4-8-20(19)16-30-33-34-36(28)25(26)27/h3-12,29-30H,13-16H2,1-2H3. The van der Waals surface area contributed by atoms with Crippen molar-refractivity contribution in [2.75, 3.05) is 18.0 Å². The highest BCUT2D eigenvalue weighted by Crippen LogP contribution is 2.44. The lowest BCUT2D eigenvalue weighted by molar-refractivity contribution is -0.250. The Bertz CT molecular complexity index is 1300. The fraction of sp³-hybridized carbons (Fsp3) is 0.240. The third-order valence-corrected chi connectivity index (χ3v) is 7.88. The van der Waals surface area contributed by atoms with Crippen LogP contribution in [0.1, 0.15) is 22.3 Å². The first-order valence-electron chi connectivity index (χ1n) is 11.2. The first-order chi connectivity index (χ1) is 17.4. The Labute approximate surface area is 213 Å². The second kappa shape index (κ2) is 12.1. The Balaban J connectivity index is 1.41. The molecule has 2 N–H and O–H groups in total. The maximum Gasteiger partial charge on any atom is 0.352 e. The molecule has 0 amide bonds. The van der Waals surface area contributed by atoms with Gasteiger partial charge in [-0.05, 0) is 54.3 Å². The van der Waals surface area contributed by atoms with Gasteiger partial charge in [-0.25, -0.2) is 4.21 Å². The van der Waals surface area contributed by atoms with Crippen LogP contribution in [-0.4, -0.2) is 22.7 Å². The number of hydrogen-bond donors (Lipinski definition) is 2. The Morgan fingerprint density at radius 1 is 0.972 bits per heavy atom. The molecule has 1 heterocycles. The molecular formula is C25H26F3N3O3S2. The molecular weight excluding hydrogens is 511 g/mol. The van der Waals surface area contributed by atoms with E-state index in [4.69, 9.17) is 0 Å². The molecule has 0 saturated heterocycles. The monoisotopic (exact) mass is 537 g/mol. The summed E-state index contributed by atoms with van der Waals surface area (Å²) in [6, 6.07) is 19.2. The first-order valence-corrected chi connectivity index (χ1v) is 13.4. The van der Waals surface area contributed by atoms with Crippen molar-refractivity contribution in [3.05, 3.63) is 82.9 Å². The fourth-order valence-electron chi connectivity index (χ4n) is 4.07. The van der Waals surface area contributed by atoms with Crippen LogP contribution in [0.5, 0.6) is 0 Å². The maximum absolute atomic E-state index is 13.2. The van der Waals surface area contributed by atoms with Gasteiger partial charge >= 0.3 is 5.37 Å². The summed E-state index contributed by atoms with van der Waals surface area (Å²) < 4.78 is 54.1. The summed E-state index contributed by atoms with van der Waals surface area (Å²) in [5.74, 6) is 0. The zero-order valence-electron chi connectivity index (χ0n) is 19.7. The van der Waals surface area contributed by atoms with Crippen LogP contribution < -0.4 is 15.7 Å². The van der Waals surface area contributed by atoms with E-state index in [9.17, 15) is 16.9 Å².